The highest BCUT2D eigenvalue weighted by atomic mass is 16.5. The molecule has 1 fully saturated rings. The van der Waals surface area contributed by atoms with E-state index < -0.39 is 35.9 Å². The fraction of sp³-hybridized carbons (Fsp3) is 0.567. The molecule has 0 saturated carbocycles. The summed E-state index contributed by atoms with van der Waals surface area (Å²) in [7, 11) is 0. The number of nitrogens with one attached hydrogen (secondary N) is 3. The number of carbonyl (C=O) groups excluding carboxylic acids is 3. The van der Waals surface area contributed by atoms with Gasteiger partial charge in [-0.2, -0.15) is 0 Å². The van der Waals surface area contributed by atoms with Crippen LogP contribution in [0.2, 0.25) is 0 Å². The van der Waals surface area contributed by atoms with Gasteiger partial charge in [0.1, 0.15) is 18.1 Å². The molecule has 11 nitrogen and oxygen atoms in total. The van der Waals surface area contributed by atoms with E-state index in [4.69, 9.17) is 9.84 Å². The lowest BCUT2D eigenvalue weighted by atomic mass is 9.99. The molecule has 2 aromatic rings. The summed E-state index contributed by atoms with van der Waals surface area (Å²) in [6.07, 6.45) is 4.39. The lowest BCUT2D eigenvalue weighted by molar-refractivity contribution is -0.148. The van der Waals surface area contributed by atoms with Crippen LogP contribution in [0.1, 0.15) is 66.9 Å². The molecular weight excluding hydrogens is 526 g/mol. The molecule has 226 valence electrons. The van der Waals surface area contributed by atoms with Crippen molar-refractivity contribution >= 4 is 35.0 Å². The van der Waals surface area contributed by atoms with Crippen LogP contribution in [0.3, 0.4) is 0 Å². The topological polar surface area (TPSA) is 150 Å². The molecule has 1 aliphatic rings. The lowest BCUT2D eigenvalue weighted by Crippen LogP contribution is -2.60. The van der Waals surface area contributed by atoms with Crippen molar-refractivity contribution < 1.29 is 29.0 Å². The van der Waals surface area contributed by atoms with Crippen molar-refractivity contribution in [2.75, 3.05) is 13.2 Å². The number of carboxylic acids is 1. The van der Waals surface area contributed by atoms with Gasteiger partial charge in [0.25, 0.3) is 5.91 Å². The van der Waals surface area contributed by atoms with Crippen LogP contribution in [0, 0.1) is 11.3 Å². The van der Waals surface area contributed by atoms with E-state index in [0.29, 0.717) is 38.3 Å². The van der Waals surface area contributed by atoms with Crippen LogP contribution in [0.5, 0.6) is 5.88 Å². The Bertz CT molecular complexity index is 1200. The van der Waals surface area contributed by atoms with Gasteiger partial charge < -0.3 is 20.5 Å². The third-order valence-corrected chi connectivity index (χ3v) is 6.50. The first kappa shape index (κ1) is 33.5. The van der Waals surface area contributed by atoms with Crippen molar-refractivity contribution in [1.29, 1.82) is 0 Å². The molecule has 3 atom stereocenters. The SMILES string of the molecule is CC(NC(=O)C(NC=O)C(C)C)C(=O)N1CCCC(C(=O)O)N1.CCc1ccc2cnc(OCC(C)(C)C)cc2c1. The quantitative estimate of drug-likeness (QED) is 0.318. The van der Waals surface area contributed by atoms with Crippen LogP contribution < -0.4 is 20.8 Å². The highest BCUT2D eigenvalue weighted by Gasteiger charge is 2.31. The molecule has 1 aliphatic heterocycles. The highest BCUT2D eigenvalue weighted by Crippen LogP contribution is 2.22. The van der Waals surface area contributed by atoms with Crippen molar-refractivity contribution in [3.8, 4) is 5.88 Å². The molecule has 2 heterocycles. The molecule has 0 bridgehead atoms. The van der Waals surface area contributed by atoms with Crippen LogP contribution in [-0.4, -0.2) is 70.6 Å². The minimum atomic E-state index is -1.02. The largest absolute Gasteiger partial charge is 0.480 e. The summed E-state index contributed by atoms with van der Waals surface area (Å²) in [5, 5.41) is 17.6. The van der Waals surface area contributed by atoms with Crippen LogP contribution in [0.4, 0.5) is 0 Å². The molecule has 0 radical (unpaired) electrons. The Labute approximate surface area is 242 Å². The molecule has 1 aromatic carbocycles. The number of aryl methyl sites for hydroxylation is 1. The highest BCUT2D eigenvalue weighted by molar-refractivity contribution is 5.90. The number of amides is 3. The van der Waals surface area contributed by atoms with E-state index in [0.717, 1.165) is 11.8 Å². The van der Waals surface area contributed by atoms with Crippen LogP contribution in [0.25, 0.3) is 10.8 Å². The van der Waals surface area contributed by atoms with E-state index in [1.54, 1.807) is 13.8 Å². The number of hydrazine groups is 1. The maximum atomic E-state index is 12.3. The summed E-state index contributed by atoms with van der Waals surface area (Å²) < 4.78 is 5.74. The average molecular weight is 572 g/mol. The van der Waals surface area contributed by atoms with E-state index >= 15 is 0 Å². The molecule has 0 aliphatic carbocycles. The van der Waals surface area contributed by atoms with Gasteiger partial charge in [-0.15, -0.1) is 0 Å². The van der Waals surface area contributed by atoms with E-state index in [9.17, 15) is 19.2 Å². The average Bonchev–Trinajstić information content (AvgIpc) is 2.93. The molecule has 4 N–H and O–H groups in total. The molecule has 3 rings (SSSR count). The third kappa shape index (κ3) is 10.6. The maximum Gasteiger partial charge on any atom is 0.322 e. The standard InChI is InChI=1S/C16H21NO.C14H24N4O5/c1-5-12-6-7-13-10-17-15(9-14(13)8-12)18-11-16(2,3)4;1-8(2)11(15-7-19)12(20)16-9(3)13(21)18-6-4-5-10(17-18)14(22)23/h6-10H,5,11H2,1-4H3;7-11,17H,4-6H2,1-3H3,(H,15,19)(H,16,20)(H,22,23). The van der Waals surface area contributed by atoms with Gasteiger partial charge in [-0.25, -0.2) is 10.4 Å². The summed E-state index contributed by atoms with van der Waals surface area (Å²) in [5.41, 5.74) is 4.14. The van der Waals surface area contributed by atoms with E-state index in [2.05, 4.69) is 66.9 Å². The minimum Gasteiger partial charge on any atom is -0.480 e. The summed E-state index contributed by atoms with van der Waals surface area (Å²) in [5.74, 6) is -1.32. The second kappa shape index (κ2) is 15.3. The number of pyridine rings is 1. The van der Waals surface area contributed by atoms with Gasteiger partial charge in [-0.1, -0.05) is 59.7 Å². The number of hydrogen-bond donors (Lipinski definition) is 4. The molecule has 1 aromatic heterocycles. The van der Waals surface area contributed by atoms with Crippen molar-refractivity contribution in [3.05, 3.63) is 36.0 Å². The van der Waals surface area contributed by atoms with Gasteiger partial charge >= 0.3 is 5.97 Å². The third-order valence-electron chi connectivity index (χ3n) is 6.50. The molecule has 11 heteroatoms. The van der Waals surface area contributed by atoms with Crippen LogP contribution >= 0.6 is 0 Å². The molecule has 0 spiro atoms. The zero-order valence-electron chi connectivity index (χ0n) is 25.2. The first-order chi connectivity index (χ1) is 19.2. The first-order valence-corrected chi connectivity index (χ1v) is 14.1. The number of carbonyl (C=O) groups is 4. The smallest absolute Gasteiger partial charge is 0.322 e. The van der Waals surface area contributed by atoms with E-state index in [1.807, 2.05) is 12.3 Å². The molecule has 1 saturated heterocycles. The summed E-state index contributed by atoms with van der Waals surface area (Å²) in [4.78, 5) is 50.3. The zero-order valence-corrected chi connectivity index (χ0v) is 25.2. The monoisotopic (exact) mass is 571 g/mol. The number of fused-ring (bicyclic) bond motifs is 1. The van der Waals surface area contributed by atoms with Crippen molar-refractivity contribution in [2.24, 2.45) is 11.3 Å². The fourth-order valence-corrected chi connectivity index (χ4v) is 4.13. The summed E-state index contributed by atoms with van der Waals surface area (Å²) in [6, 6.07) is 6.13. The first-order valence-electron chi connectivity index (χ1n) is 14.1. The van der Waals surface area contributed by atoms with Crippen LogP contribution in [-0.2, 0) is 25.6 Å². The molecular formula is C30H45N5O6. The normalized spacial score (nSPS) is 16.7. The van der Waals surface area contributed by atoms with Gasteiger partial charge in [0.15, 0.2) is 0 Å². The number of aliphatic carboxylic acids is 1. The predicted molar refractivity (Wildman–Crippen MR) is 157 cm³/mol. The predicted octanol–water partition coefficient (Wildman–Crippen LogP) is 3.06. The van der Waals surface area contributed by atoms with Crippen molar-refractivity contribution in [1.82, 2.24) is 26.1 Å². The Morgan fingerprint density at radius 2 is 1.90 bits per heavy atom. The Morgan fingerprint density at radius 3 is 2.49 bits per heavy atom. The molecule has 3 unspecified atom stereocenters. The Balaban J connectivity index is 0.000000295. The minimum absolute atomic E-state index is 0.132. The van der Waals surface area contributed by atoms with Gasteiger partial charge in [-0.3, -0.25) is 24.2 Å². The van der Waals surface area contributed by atoms with Gasteiger partial charge in [-0.05, 0) is 48.5 Å². The fourth-order valence-electron chi connectivity index (χ4n) is 4.13. The number of aromatic nitrogens is 1. The van der Waals surface area contributed by atoms with Crippen molar-refractivity contribution in [3.63, 3.8) is 0 Å². The number of benzene rings is 1. The van der Waals surface area contributed by atoms with Crippen LogP contribution in [0.15, 0.2) is 30.5 Å². The number of carboxylic acid groups (broad SMARTS) is 1. The van der Waals surface area contributed by atoms with Crippen molar-refractivity contribution in [2.45, 2.75) is 85.9 Å². The summed E-state index contributed by atoms with van der Waals surface area (Å²) >= 11 is 0. The number of ether oxygens (including phenoxy) is 1. The second-order valence-electron chi connectivity index (χ2n) is 11.8. The van der Waals surface area contributed by atoms with E-state index in [-0.39, 0.29) is 11.3 Å². The Kier molecular flexibility index (Phi) is 12.5. The summed E-state index contributed by atoms with van der Waals surface area (Å²) in [6.45, 7) is 14.8. The zero-order chi connectivity index (χ0) is 30.7. The Morgan fingerprint density at radius 1 is 1.20 bits per heavy atom. The van der Waals surface area contributed by atoms with E-state index in [1.165, 1.54) is 22.9 Å². The van der Waals surface area contributed by atoms with Gasteiger partial charge in [0, 0.05) is 24.2 Å². The Hall–Kier alpha value is -3.73. The van der Waals surface area contributed by atoms with Gasteiger partial charge in [0.2, 0.25) is 18.2 Å². The lowest BCUT2D eigenvalue weighted by Gasteiger charge is -2.34. The number of rotatable bonds is 10. The van der Waals surface area contributed by atoms with Gasteiger partial charge in [0.05, 0.1) is 6.61 Å². The number of nitrogens with zero attached hydrogens (tertiary/aromatic N) is 2. The molecule has 3 amide bonds. The number of hydrogen-bond acceptors (Lipinski definition) is 7. The molecule has 41 heavy (non-hydrogen) atoms. The second-order valence-corrected chi connectivity index (χ2v) is 11.8. The maximum absolute atomic E-state index is 12.3.